The van der Waals surface area contributed by atoms with E-state index in [2.05, 4.69) is 20.3 Å². The summed E-state index contributed by atoms with van der Waals surface area (Å²) >= 11 is 5.16. The number of thiocarbonyl (C=S) groups is 1. The molecule has 0 unspecified atom stereocenters. The first-order valence-corrected chi connectivity index (χ1v) is 4.75. The zero-order valence-corrected chi connectivity index (χ0v) is 8.61. The number of nitrogens with one attached hydrogen (secondary N) is 1. The monoisotopic (exact) mass is 216 g/mol. The Balaban J connectivity index is 2.12. The Morgan fingerprint density at radius 2 is 2.07 bits per heavy atom. The Kier molecular flexibility index (Phi) is 2.94. The van der Waals surface area contributed by atoms with E-state index in [0.717, 1.165) is 5.69 Å². The number of aromatic nitrogens is 3. The first kappa shape index (κ1) is 9.67. The summed E-state index contributed by atoms with van der Waals surface area (Å²) in [7, 11) is 0. The van der Waals surface area contributed by atoms with Gasteiger partial charge in [0.05, 0.1) is 11.9 Å². The van der Waals surface area contributed by atoms with Gasteiger partial charge in [-0.3, -0.25) is 9.97 Å². The number of nitrogens with zero attached hydrogens (tertiary/aromatic N) is 3. The third kappa shape index (κ3) is 2.54. The Morgan fingerprint density at radius 3 is 2.73 bits per heavy atom. The SMILES string of the molecule is S=C(Nc1cnccn1)c1ccccn1. The standard InChI is InChI=1S/C10H8N4S/c15-10(8-3-1-2-4-12-8)14-9-7-11-5-6-13-9/h1-7H,(H,13,14,15). The molecule has 0 aromatic carbocycles. The van der Waals surface area contributed by atoms with E-state index in [0.29, 0.717) is 10.8 Å². The van der Waals surface area contributed by atoms with Crippen LogP contribution in [0.25, 0.3) is 0 Å². The maximum absolute atomic E-state index is 5.16. The fourth-order valence-corrected chi connectivity index (χ4v) is 1.27. The maximum Gasteiger partial charge on any atom is 0.149 e. The van der Waals surface area contributed by atoms with Crippen LogP contribution in [0.4, 0.5) is 5.82 Å². The molecule has 0 aliphatic carbocycles. The second kappa shape index (κ2) is 4.56. The van der Waals surface area contributed by atoms with Gasteiger partial charge in [-0.2, -0.15) is 0 Å². The van der Waals surface area contributed by atoms with E-state index < -0.39 is 0 Å². The van der Waals surface area contributed by atoms with E-state index in [1.165, 1.54) is 0 Å². The molecule has 2 aromatic heterocycles. The molecule has 0 aliphatic rings. The van der Waals surface area contributed by atoms with Crippen LogP contribution in [0.1, 0.15) is 5.69 Å². The lowest BCUT2D eigenvalue weighted by atomic mass is 10.3. The number of rotatable bonds is 2. The Morgan fingerprint density at radius 1 is 1.13 bits per heavy atom. The summed E-state index contributed by atoms with van der Waals surface area (Å²) in [6.07, 6.45) is 6.51. The lowest BCUT2D eigenvalue weighted by Crippen LogP contribution is -2.12. The zero-order valence-electron chi connectivity index (χ0n) is 7.79. The summed E-state index contributed by atoms with van der Waals surface area (Å²) in [5.74, 6) is 0.619. The van der Waals surface area contributed by atoms with E-state index in [1.54, 1.807) is 24.8 Å². The van der Waals surface area contributed by atoms with Crippen LogP contribution in [0.2, 0.25) is 0 Å². The van der Waals surface area contributed by atoms with Crippen LogP contribution in [0.15, 0.2) is 43.0 Å². The molecule has 15 heavy (non-hydrogen) atoms. The Bertz CT molecular complexity index is 443. The Hall–Kier alpha value is -1.88. The van der Waals surface area contributed by atoms with Gasteiger partial charge in [0.1, 0.15) is 10.8 Å². The van der Waals surface area contributed by atoms with Crippen molar-refractivity contribution in [1.82, 2.24) is 15.0 Å². The zero-order chi connectivity index (χ0) is 10.5. The molecule has 0 aliphatic heterocycles. The van der Waals surface area contributed by atoms with Crippen LogP contribution in [-0.4, -0.2) is 19.9 Å². The van der Waals surface area contributed by atoms with Gasteiger partial charge >= 0.3 is 0 Å². The van der Waals surface area contributed by atoms with Gasteiger partial charge in [0.15, 0.2) is 0 Å². The van der Waals surface area contributed by atoms with E-state index >= 15 is 0 Å². The lowest BCUT2D eigenvalue weighted by molar-refractivity contribution is 1.20. The van der Waals surface area contributed by atoms with Crippen molar-refractivity contribution in [3.63, 3.8) is 0 Å². The van der Waals surface area contributed by atoms with Crippen molar-refractivity contribution in [3.05, 3.63) is 48.7 Å². The maximum atomic E-state index is 5.16. The number of hydrogen-bond acceptors (Lipinski definition) is 4. The topological polar surface area (TPSA) is 50.7 Å². The molecule has 2 aromatic rings. The van der Waals surface area contributed by atoms with Gasteiger partial charge in [-0.25, -0.2) is 4.98 Å². The average molecular weight is 216 g/mol. The predicted molar refractivity (Wildman–Crippen MR) is 61.6 cm³/mol. The van der Waals surface area contributed by atoms with Crippen molar-refractivity contribution in [3.8, 4) is 0 Å². The fourth-order valence-electron chi connectivity index (χ4n) is 1.04. The molecule has 0 saturated heterocycles. The summed E-state index contributed by atoms with van der Waals surface area (Å²) in [5.41, 5.74) is 0.721. The molecule has 0 spiro atoms. The van der Waals surface area contributed by atoms with E-state index in [9.17, 15) is 0 Å². The summed E-state index contributed by atoms with van der Waals surface area (Å²) in [6.45, 7) is 0. The lowest BCUT2D eigenvalue weighted by Gasteiger charge is -2.04. The van der Waals surface area contributed by atoms with Crippen LogP contribution < -0.4 is 5.32 Å². The van der Waals surface area contributed by atoms with Crippen LogP contribution in [0, 0.1) is 0 Å². The quantitative estimate of drug-likeness (QED) is 0.774. The summed E-state index contributed by atoms with van der Waals surface area (Å²) in [5, 5.41) is 2.95. The normalized spacial score (nSPS) is 9.60. The highest BCUT2D eigenvalue weighted by atomic mass is 32.1. The predicted octanol–water partition coefficient (Wildman–Crippen LogP) is 1.66. The summed E-state index contributed by atoms with van der Waals surface area (Å²) < 4.78 is 0. The van der Waals surface area contributed by atoms with Crippen molar-refractivity contribution in [2.75, 3.05) is 5.32 Å². The molecule has 0 bridgehead atoms. The molecule has 5 heteroatoms. The van der Waals surface area contributed by atoms with Gasteiger partial charge in [0, 0.05) is 18.6 Å². The van der Waals surface area contributed by atoms with Crippen molar-refractivity contribution in [2.24, 2.45) is 0 Å². The van der Waals surface area contributed by atoms with Crippen LogP contribution in [-0.2, 0) is 0 Å². The van der Waals surface area contributed by atoms with Gasteiger partial charge in [0.2, 0.25) is 0 Å². The molecule has 0 atom stereocenters. The molecule has 0 fully saturated rings. The highest BCUT2D eigenvalue weighted by molar-refractivity contribution is 7.81. The highest BCUT2D eigenvalue weighted by Crippen LogP contribution is 2.02. The minimum atomic E-state index is 0.538. The molecule has 0 saturated carbocycles. The second-order valence-electron chi connectivity index (χ2n) is 2.76. The van der Waals surface area contributed by atoms with Gasteiger partial charge < -0.3 is 5.32 Å². The number of pyridine rings is 1. The molecular formula is C10H8N4S. The third-order valence-electron chi connectivity index (χ3n) is 1.70. The first-order chi connectivity index (χ1) is 7.36. The van der Waals surface area contributed by atoms with Crippen LogP contribution in [0.3, 0.4) is 0 Å². The molecule has 0 amide bonds. The Labute approximate surface area is 92.4 Å². The van der Waals surface area contributed by atoms with Crippen molar-refractivity contribution >= 4 is 23.0 Å². The number of hydrogen-bond donors (Lipinski definition) is 1. The summed E-state index contributed by atoms with van der Waals surface area (Å²) in [4.78, 5) is 12.6. The highest BCUT2D eigenvalue weighted by Gasteiger charge is 2.02. The van der Waals surface area contributed by atoms with Gasteiger partial charge in [-0.1, -0.05) is 18.3 Å². The fraction of sp³-hybridized carbons (Fsp3) is 0. The minimum absolute atomic E-state index is 0.538. The first-order valence-electron chi connectivity index (χ1n) is 4.34. The van der Waals surface area contributed by atoms with Gasteiger partial charge in [0.25, 0.3) is 0 Å². The molecule has 2 rings (SSSR count). The van der Waals surface area contributed by atoms with E-state index in [1.807, 2.05) is 18.2 Å². The molecule has 1 N–H and O–H groups in total. The molecule has 0 radical (unpaired) electrons. The average Bonchev–Trinajstić information content (AvgIpc) is 2.31. The van der Waals surface area contributed by atoms with Gasteiger partial charge in [-0.15, -0.1) is 0 Å². The van der Waals surface area contributed by atoms with Crippen LogP contribution >= 0.6 is 12.2 Å². The van der Waals surface area contributed by atoms with E-state index in [-0.39, 0.29) is 0 Å². The summed E-state index contributed by atoms with van der Waals surface area (Å²) in [6, 6.07) is 5.56. The largest absolute Gasteiger partial charge is 0.328 e. The van der Waals surface area contributed by atoms with Crippen molar-refractivity contribution < 1.29 is 0 Å². The van der Waals surface area contributed by atoms with Crippen molar-refractivity contribution in [1.29, 1.82) is 0 Å². The third-order valence-corrected chi connectivity index (χ3v) is 2.01. The minimum Gasteiger partial charge on any atom is -0.328 e. The smallest absolute Gasteiger partial charge is 0.149 e. The molecule has 74 valence electrons. The molecule has 2 heterocycles. The van der Waals surface area contributed by atoms with Crippen LogP contribution in [0.5, 0.6) is 0 Å². The van der Waals surface area contributed by atoms with E-state index in [4.69, 9.17) is 12.2 Å². The number of anilines is 1. The molecule has 4 nitrogen and oxygen atoms in total. The second-order valence-corrected chi connectivity index (χ2v) is 3.17. The van der Waals surface area contributed by atoms with Crippen molar-refractivity contribution in [2.45, 2.75) is 0 Å². The molecular weight excluding hydrogens is 208 g/mol. The van der Waals surface area contributed by atoms with Gasteiger partial charge in [-0.05, 0) is 12.1 Å².